The normalized spacial score (nSPS) is 15.4. The summed E-state index contributed by atoms with van der Waals surface area (Å²) in [6.07, 6.45) is 0. The molecule has 1 aliphatic heterocycles. The lowest BCUT2D eigenvalue weighted by atomic mass is 10.2. The molecule has 0 radical (unpaired) electrons. The monoisotopic (exact) mass is 369 g/mol. The van der Waals surface area contributed by atoms with Gasteiger partial charge >= 0.3 is 0 Å². The van der Waals surface area contributed by atoms with Crippen LogP contribution in [0.15, 0.2) is 48.5 Å². The molecule has 0 N–H and O–H groups in total. The highest BCUT2D eigenvalue weighted by molar-refractivity contribution is 7.11. The van der Waals surface area contributed by atoms with Crippen molar-refractivity contribution >= 4 is 50.8 Å². The van der Waals surface area contributed by atoms with E-state index in [1.54, 1.807) is 0 Å². The van der Waals surface area contributed by atoms with Gasteiger partial charge in [0.15, 0.2) is 0 Å². The van der Waals surface area contributed by atoms with Gasteiger partial charge in [0.2, 0.25) is 10.9 Å². The molecule has 25 heavy (non-hydrogen) atoms. The number of imidazole rings is 1. The fourth-order valence-corrected chi connectivity index (χ4v) is 4.36. The van der Waals surface area contributed by atoms with E-state index in [1.165, 1.54) is 17.2 Å². The van der Waals surface area contributed by atoms with Crippen molar-refractivity contribution in [2.24, 2.45) is 0 Å². The number of para-hydroxylation sites is 2. The van der Waals surface area contributed by atoms with Gasteiger partial charge in [-0.05, 0) is 30.3 Å². The fraction of sp³-hybridized carbons (Fsp3) is 0.222. The van der Waals surface area contributed by atoms with Gasteiger partial charge in [-0.3, -0.25) is 4.40 Å². The molecule has 1 saturated heterocycles. The molecular formula is C18H16ClN5S. The lowest BCUT2D eigenvalue weighted by Gasteiger charge is -2.36. The van der Waals surface area contributed by atoms with Crippen molar-refractivity contribution < 1.29 is 0 Å². The van der Waals surface area contributed by atoms with E-state index >= 15 is 0 Å². The highest BCUT2D eigenvalue weighted by Crippen LogP contribution is 2.27. The molecule has 3 heterocycles. The van der Waals surface area contributed by atoms with Gasteiger partial charge in [-0.2, -0.15) is 4.37 Å². The number of benzene rings is 2. The van der Waals surface area contributed by atoms with Crippen LogP contribution in [-0.4, -0.2) is 39.9 Å². The molecule has 4 aromatic rings. The Hall–Kier alpha value is -2.31. The minimum absolute atomic E-state index is 0.783. The highest BCUT2D eigenvalue weighted by atomic mass is 35.5. The summed E-state index contributed by atoms with van der Waals surface area (Å²) in [6, 6.07) is 16.3. The summed E-state index contributed by atoms with van der Waals surface area (Å²) in [4.78, 5) is 10.3. The molecule has 1 aliphatic rings. The summed E-state index contributed by atoms with van der Waals surface area (Å²) in [5.41, 5.74) is 3.33. The minimum atomic E-state index is 0.783. The topological polar surface area (TPSA) is 36.7 Å². The number of aromatic nitrogens is 3. The van der Waals surface area contributed by atoms with E-state index in [-0.39, 0.29) is 0 Å². The quantitative estimate of drug-likeness (QED) is 0.536. The van der Waals surface area contributed by atoms with Crippen molar-refractivity contribution in [1.29, 1.82) is 0 Å². The Kier molecular flexibility index (Phi) is 3.53. The number of rotatable bonds is 2. The first kappa shape index (κ1) is 15.0. The smallest absolute Gasteiger partial charge is 0.223 e. The van der Waals surface area contributed by atoms with Gasteiger partial charge in [-0.1, -0.05) is 29.8 Å². The number of anilines is 2. The van der Waals surface area contributed by atoms with E-state index in [0.29, 0.717) is 0 Å². The van der Waals surface area contributed by atoms with Gasteiger partial charge in [0.05, 0.1) is 11.0 Å². The minimum Gasteiger partial charge on any atom is -0.368 e. The molecule has 2 aromatic heterocycles. The van der Waals surface area contributed by atoms with Crippen LogP contribution in [0.5, 0.6) is 0 Å². The van der Waals surface area contributed by atoms with Crippen molar-refractivity contribution in [3.63, 3.8) is 0 Å². The molecule has 0 atom stereocenters. The van der Waals surface area contributed by atoms with E-state index < -0.39 is 0 Å². The number of hydrogen-bond donors (Lipinski definition) is 0. The molecule has 126 valence electrons. The van der Waals surface area contributed by atoms with Crippen LogP contribution in [0.2, 0.25) is 5.02 Å². The van der Waals surface area contributed by atoms with Crippen LogP contribution in [0.3, 0.4) is 0 Å². The Morgan fingerprint density at radius 1 is 0.920 bits per heavy atom. The molecule has 0 aliphatic carbocycles. The Balaban J connectivity index is 1.43. The zero-order chi connectivity index (χ0) is 16.8. The zero-order valence-electron chi connectivity index (χ0n) is 13.5. The largest absolute Gasteiger partial charge is 0.368 e. The summed E-state index contributed by atoms with van der Waals surface area (Å²) in [5, 5.41) is 0.783. The number of halogens is 1. The van der Waals surface area contributed by atoms with Crippen molar-refractivity contribution in [3.05, 3.63) is 53.6 Å². The summed E-state index contributed by atoms with van der Waals surface area (Å²) < 4.78 is 6.85. The van der Waals surface area contributed by atoms with Gasteiger partial charge < -0.3 is 9.80 Å². The third-order valence-electron chi connectivity index (χ3n) is 4.67. The molecule has 7 heteroatoms. The first-order valence-electron chi connectivity index (χ1n) is 8.28. The maximum atomic E-state index is 6.13. The molecule has 2 aromatic carbocycles. The molecule has 5 rings (SSSR count). The Bertz CT molecular complexity index is 1050. The SMILES string of the molecule is Clc1cccc(N2CCN(c3nsc4nc5ccccc5n34)CC2)c1. The second kappa shape index (κ2) is 5.89. The highest BCUT2D eigenvalue weighted by Gasteiger charge is 2.22. The van der Waals surface area contributed by atoms with Gasteiger partial charge in [-0.15, -0.1) is 0 Å². The third kappa shape index (κ3) is 2.53. The predicted octanol–water partition coefficient (Wildman–Crippen LogP) is 3.92. The standard InChI is InChI=1S/C18H16ClN5S/c19-13-4-3-5-14(12-13)22-8-10-23(11-9-22)17-21-25-18-20-15-6-1-2-7-16(15)24(17)18/h1-7,12H,8-11H2. The van der Waals surface area contributed by atoms with Crippen LogP contribution in [-0.2, 0) is 0 Å². The molecule has 0 amide bonds. The molecule has 0 spiro atoms. The number of piperazine rings is 1. The summed E-state index contributed by atoms with van der Waals surface area (Å²) in [6.45, 7) is 3.76. The number of hydrogen-bond acceptors (Lipinski definition) is 5. The van der Waals surface area contributed by atoms with Gasteiger partial charge in [0.1, 0.15) is 0 Å². The van der Waals surface area contributed by atoms with Crippen LogP contribution >= 0.6 is 23.1 Å². The zero-order valence-corrected chi connectivity index (χ0v) is 15.0. The predicted molar refractivity (Wildman–Crippen MR) is 104 cm³/mol. The number of nitrogens with zero attached hydrogens (tertiary/aromatic N) is 5. The van der Waals surface area contributed by atoms with Crippen molar-refractivity contribution in [1.82, 2.24) is 13.8 Å². The molecule has 1 fully saturated rings. The van der Waals surface area contributed by atoms with Crippen LogP contribution in [0.4, 0.5) is 11.6 Å². The fourth-order valence-electron chi connectivity index (χ4n) is 3.42. The first-order chi connectivity index (χ1) is 12.3. The van der Waals surface area contributed by atoms with Crippen LogP contribution in [0.25, 0.3) is 16.0 Å². The summed E-state index contributed by atoms with van der Waals surface area (Å²) in [5.74, 6) is 0.999. The average Bonchev–Trinajstić information content (AvgIpc) is 3.21. The first-order valence-corrected chi connectivity index (χ1v) is 9.43. The van der Waals surface area contributed by atoms with Gasteiger partial charge in [0, 0.05) is 48.4 Å². The van der Waals surface area contributed by atoms with Gasteiger partial charge in [0.25, 0.3) is 0 Å². The van der Waals surface area contributed by atoms with Crippen molar-refractivity contribution in [2.45, 2.75) is 0 Å². The van der Waals surface area contributed by atoms with E-state index in [2.05, 4.69) is 47.8 Å². The molecular weight excluding hydrogens is 354 g/mol. The Labute approximate surface area is 154 Å². The third-order valence-corrected chi connectivity index (χ3v) is 5.60. The van der Waals surface area contributed by atoms with Crippen LogP contribution in [0, 0.1) is 0 Å². The van der Waals surface area contributed by atoms with Crippen molar-refractivity contribution in [3.8, 4) is 0 Å². The molecule has 5 nitrogen and oxygen atoms in total. The average molecular weight is 370 g/mol. The molecule has 0 saturated carbocycles. The van der Waals surface area contributed by atoms with Crippen molar-refractivity contribution in [2.75, 3.05) is 36.0 Å². The maximum Gasteiger partial charge on any atom is 0.223 e. The summed E-state index contributed by atoms with van der Waals surface area (Å²) in [7, 11) is 0. The molecule has 0 bridgehead atoms. The Morgan fingerprint density at radius 2 is 1.72 bits per heavy atom. The second-order valence-electron chi connectivity index (χ2n) is 6.16. The lowest BCUT2D eigenvalue weighted by Crippen LogP contribution is -2.47. The second-order valence-corrected chi connectivity index (χ2v) is 7.32. The van der Waals surface area contributed by atoms with Gasteiger partial charge in [-0.25, -0.2) is 4.98 Å². The summed E-state index contributed by atoms with van der Waals surface area (Å²) >= 11 is 7.59. The van der Waals surface area contributed by atoms with Crippen LogP contribution in [0.1, 0.15) is 0 Å². The number of fused-ring (bicyclic) bond motifs is 3. The van der Waals surface area contributed by atoms with Crippen LogP contribution < -0.4 is 9.80 Å². The maximum absolute atomic E-state index is 6.13. The van der Waals surface area contributed by atoms with E-state index in [1.807, 2.05) is 24.3 Å². The van der Waals surface area contributed by atoms with E-state index in [9.17, 15) is 0 Å². The Morgan fingerprint density at radius 3 is 2.56 bits per heavy atom. The van der Waals surface area contributed by atoms with E-state index in [0.717, 1.165) is 53.1 Å². The lowest BCUT2D eigenvalue weighted by molar-refractivity contribution is 0.641. The molecule has 0 unspecified atom stereocenters. The van der Waals surface area contributed by atoms with E-state index in [4.69, 9.17) is 11.6 Å².